The lowest BCUT2D eigenvalue weighted by Gasteiger charge is -2.39. The van der Waals surface area contributed by atoms with Crippen molar-refractivity contribution in [2.45, 2.75) is 51.0 Å². The number of nitrogens with zero attached hydrogens (tertiary/aromatic N) is 2. The Morgan fingerprint density at radius 1 is 1.21 bits per heavy atom. The maximum atomic E-state index is 12.7. The SMILES string of the molecule is CN(C)S(=O)(=O)c1cccc(C(=O)OCC(=O)N2C[C@@]3(C)C[C@H]2CC(C)(C)C3)c1. The molecule has 2 bridgehead atoms. The number of hydrogen-bond donors (Lipinski definition) is 0. The summed E-state index contributed by atoms with van der Waals surface area (Å²) in [5, 5.41) is 0. The third kappa shape index (κ3) is 4.48. The minimum Gasteiger partial charge on any atom is -0.452 e. The molecule has 7 nitrogen and oxygen atoms in total. The summed E-state index contributed by atoms with van der Waals surface area (Å²) in [6, 6.07) is 5.84. The Bertz CT molecular complexity index is 925. The summed E-state index contributed by atoms with van der Waals surface area (Å²) < 4.78 is 30.8. The van der Waals surface area contributed by atoms with Gasteiger partial charge in [-0.25, -0.2) is 17.5 Å². The highest BCUT2D eigenvalue weighted by molar-refractivity contribution is 7.89. The maximum Gasteiger partial charge on any atom is 0.338 e. The number of hydrogen-bond acceptors (Lipinski definition) is 5. The molecule has 2 aliphatic rings. The molecule has 1 saturated heterocycles. The van der Waals surface area contributed by atoms with E-state index in [9.17, 15) is 18.0 Å². The predicted octanol–water partition coefficient (Wildman–Crippen LogP) is 2.52. The molecular formula is C21H30N2O5S. The quantitative estimate of drug-likeness (QED) is 0.681. The lowest BCUT2D eigenvalue weighted by Crippen LogP contribution is -2.39. The minimum atomic E-state index is -3.65. The molecule has 1 aromatic carbocycles. The van der Waals surface area contributed by atoms with E-state index in [1.54, 1.807) is 0 Å². The van der Waals surface area contributed by atoms with Crippen LogP contribution in [0.4, 0.5) is 0 Å². The zero-order valence-electron chi connectivity index (χ0n) is 17.8. The van der Waals surface area contributed by atoms with Gasteiger partial charge in [0.05, 0.1) is 10.5 Å². The van der Waals surface area contributed by atoms with Crippen LogP contribution in [0.1, 0.15) is 50.4 Å². The number of carbonyl (C=O) groups is 2. The Hall–Kier alpha value is -1.93. The molecule has 160 valence electrons. The lowest BCUT2D eigenvalue weighted by molar-refractivity contribution is -0.135. The fourth-order valence-electron chi connectivity index (χ4n) is 5.04. The Morgan fingerprint density at radius 2 is 1.90 bits per heavy atom. The Kier molecular flexibility index (Phi) is 5.55. The van der Waals surface area contributed by atoms with Crippen LogP contribution in [-0.2, 0) is 19.6 Å². The highest BCUT2D eigenvalue weighted by Gasteiger charge is 2.50. The van der Waals surface area contributed by atoms with Gasteiger partial charge in [0.25, 0.3) is 5.91 Å². The highest BCUT2D eigenvalue weighted by Crippen LogP contribution is 2.52. The fourth-order valence-corrected chi connectivity index (χ4v) is 5.99. The second kappa shape index (κ2) is 7.40. The van der Waals surface area contributed by atoms with Gasteiger partial charge in [0.1, 0.15) is 0 Å². The van der Waals surface area contributed by atoms with Gasteiger partial charge in [-0.1, -0.05) is 26.8 Å². The first-order valence-electron chi connectivity index (χ1n) is 9.82. The number of benzene rings is 1. The first-order valence-corrected chi connectivity index (χ1v) is 11.3. The van der Waals surface area contributed by atoms with Crippen LogP contribution in [0.5, 0.6) is 0 Å². The van der Waals surface area contributed by atoms with Crippen LogP contribution in [0.3, 0.4) is 0 Å². The predicted molar refractivity (Wildman–Crippen MR) is 109 cm³/mol. The summed E-state index contributed by atoms with van der Waals surface area (Å²) in [6.45, 7) is 7.04. The molecule has 29 heavy (non-hydrogen) atoms. The largest absolute Gasteiger partial charge is 0.452 e. The normalized spacial score (nSPS) is 25.9. The van der Waals surface area contributed by atoms with Gasteiger partial charge in [-0.3, -0.25) is 4.79 Å². The highest BCUT2D eigenvalue weighted by atomic mass is 32.2. The van der Waals surface area contributed by atoms with E-state index in [2.05, 4.69) is 20.8 Å². The van der Waals surface area contributed by atoms with Gasteiger partial charge in [-0.05, 0) is 48.3 Å². The maximum absolute atomic E-state index is 12.7. The molecule has 0 aromatic heterocycles. The van der Waals surface area contributed by atoms with Gasteiger partial charge in [0.2, 0.25) is 10.0 Å². The number of likely N-dealkylation sites (tertiary alicyclic amines) is 1. The van der Waals surface area contributed by atoms with Gasteiger partial charge < -0.3 is 9.64 Å². The van der Waals surface area contributed by atoms with Crippen molar-refractivity contribution in [2.24, 2.45) is 10.8 Å². The van der Waals surface area contributed by atoms with Crippen molar-refractivity contribution in [1.82, 2.24) is 9.21 Å². The zero-order valence-corrected chi connectivity index (χ0v) is 18.6. The van der Waals surface area contributed by atoms with Crippen molar-refractivity contribution >= 4 is 21.9 Å². The topological polar surface area (TPSA) is 84.0 Å². The van der Waals surface area contributed by atoms with E-state index >= 15 is 0 Å². The summed E-state index contributed by atoms with van der Waals surface area (Å²) in [4.78, 5) is 27.0. The van der Waals surface area contributed by atoms with Gasteiger partial charge in [-0.15, -0.1) is 0 Å². The van der Waals surface area contributed by atoms with Crippen LogP contribution in [0, 0.1) is 10.8 Å². The Morgan fingerprint density at radius 3 is 2.55 bits per heavy atom. The van der Waals surface area contributed by atoms with E-state index in [1.807, 2.05) is 4.90 Å². The first-order chi connectivity index (χ1) is 13.3. The summed E-state index contributed by atoms with van der Waals surface area (Å²) in [7, 11) is -0.807. The summed E-state index contributed by atoms with van der Waals surface area (Å²) in [6.07, 6.45) is 3.01. The molecule has 2 fully saturated rings. The molecule has 8 heteroatoms. The zero-order chi connectivity index (χ0) is 21.6. The summed E-state index contributed by atoms with van der Waals surface area (Å²) >= 11 is 0. The van der Waals surface area contributed by atoms with E-state index in [0.29, 0.717) is 6.54 Å². The van der Waals surface area contributed by atoms with Crippen LogP contribution >= 0.6 is 0 Å². The number of esters is 1. The third-order valence-electron chi connectivity index (χ3n) is 5.91. The van der Waals surface area contributed by atoms with Crippen molar-refractivity contribution in [2.75, 3.05) is 27.2 Å². The number of sulfonamides is 1. The van der Waals surface area contributed by atoms with Crippen molar-refractivity contribution in [1.29, 1.82) is 0 Å². The number of fused-ring (bicyclic) bond motifs is 2. The molecule has 2 atom stereocenters. The molecule has 1 saturated carbocycles. The van der Waals surface area contributed by atoms with E-state index in [1.165, 1.54) is 38.4 Å². The van der Waals surface area contributed by atoms with Gasteiger partial charge in [0.15, 0.2) is 6.61 Å². The average Bonchev–Trinajstić information content (AvgIpc) is 2.88. The molecule has 1 aliphatic carbocycles. The first kappa shape index (κ1) is 21.8. The van der Waals surface area contributed by atoms with Crippen molar-refractivity contribution in [3.05, 3.63) is 29.8 Å². The second-order valence-electron chi connectivity index (χ2n) is 9.63. The van der Waals surface area contributed by atoms with Crippen LogP contribution in [0.15, 0.2) is 29.2 Å². The molecule has 0 N–H and O–H groups in total. The standard InChI is InChI=1S/C21H30N2O5S/c1-20(2)10-16-11-21(3,13-20)14-23(16)18(24)12-28-19(25)15-7-6-8-17(9-15)29(26,27)22(4)5/h6-9,16H,10-14H2,1-5H3/t16-,21+/m1/s1. The average molecular weight is 423 g/mol. The Balaban J connectivity index is 1.65. The van der Waals surface area contributed by atoms with Gasteiger partial charge in [0, 0.05) is 26.7 Å². The number of ether oxygens (including phenoxy) is 1. The minimum absolute atomic E-state index is 0.00627. The molecule has 1 aromatic rings. The molecule has 0 spiro atoms. The number of carbonyl (C=O) groups excluding carboxylic acids is 2. The van der Waals surface area contributed by atoms with Gasteiger partial charge >= 0.3 is 5.97 Å². The van der Waals surface area contributed by atoms with E-state index in [4.69, 9.17) is 4.74 Å². The van der Waals surface area contributed by atoms with Crippen LogP contribution in [-0.4, -0.2) is 62.8 Å². The molecule has 1 amide bonds. The van der Waals surface area contributed by atoms with Crippen LogP contribution < -0.4 is 0 Å². The third-order valence-corrected chi connectivity index (χ3v) is 7.72. The van der Waals surface area contributed by atoms with Crippen molar-refractivity contribution in [3.63, 3.8) is 0 Å². The number of rotatable bonds is 5. The molecule has 3 rings (SSSR count). The smallest absolute Gasteiger partial charge is 0.338 e. The van der Waals surface area contributed by atoms with Crippen molar-refractivity contribution in [3.8, 4) is 0 Å². The number of amides is 1. The molecule has 0 unspecified atom stereocenters. The molecular weight excluding hydrogens is 392 g/mol. The molecule has 1 heterocycles. The van der Waals surface area contributed by atoms with E-state index in [0.717, 1.165) is 23.6 Å². The monoisotopic (exact) mass is 422 g/mol. The lowest BCUT2D eigenvalue weighted by atomic mass is 9.65. The van der Waals surface area contributed by atoms with E-state index in [-0.39, 0.29) is 39.8 Å². The van der Waals surface area contributed by atoms with Crippen LogP contribution in [0.25, 0.3) is 0 Å². The molecule has 1 aliphatic heterocycles. The Labute approximate surface area is 173 Å². The molecule has 0 radical (unpaired) electrons. The summed E-state index contributed by atoms with van der Waals surface area (Å²) in [5.74, 6) is -0.898. The fraction of sp³-hybridized carbons (Fsp3) is 0.619. The van der Waals surface area contributed by atoms with Crippen LogP contribution in [0.2, 0.25) is 0 Å². The second-order valence-corrected chi connectivity index (χ2v) is 11.8. The summed E-state index contributed by atoms with van der Waals surface area (Å²) in [5.41, 5.74) is 0.414. The van der Waals surface area contributed by atoms with Gasteiger partial charge in [-0.2, -0.15) is 0 Å². The van der Waals surface area contributed by atoms with Crippen molar-refractivity contribution < 1.29 is 22.7 Å². The van der Waals surface area contributed by atoms with E-state index < -0.39 is 16.0 Å².